The highest BCUT2D eigenvalue weighted by atomic mass is 35.5. The van der Waals surface area contributed by atoms with Crippen molar-refractivity contribution in [3.63, 3.8) is 0 Å². The van der Waals surface area contributed by atoms with Crippen LogP contribution in [0.15, 0.2) is 12.2 Å². The summed E-state index contributed by atoms with van der Waals surface area (Å²) in [6.07, 6.45) is 3.88. The minimum absolute atomic E-state index is 0.0729. The molecule has 1 aliphatic heterocycles. The minimum atomic E-state index is -0.429. The van der Waals surface area contributed by atoms with Gasteiger partial charge in [-0.3, -0.25) is 0 Å². The van der Waals surface area contributed by atoms with Crippen molar-refractivity contribution in [3.05, 3.63) is 12.2 Å². The number of hydrogen-bond acceptors (Lipinski definition) is 2. The van der Waals surface area contributed by atoms with Crippen molar-refractivity contribution in [2.24, 2.45) is 0 Å². The standard InChI is InChI=1S/C8H13ClO2/c1-8(2)10-6-7(11-8)4-3-5-9/h3-4,7H,5-6H2,1-2H3/b4-3+. The molecule has 3 heteroatoms. The van der Waals surface area contributed by atoms with E-state index in [9.17, 15) is 0 Å². The molecule has 1 fully saturated rings. The third-order valence-corrected chi connectivity index (χ3v) is 1.65. The Labute approximate surface area is 72.1 Å². The van der Waals surface area contributed by atoms with Gasteiger partial charge in [0.2, 0.25) is 0 Å². The van der Waals surface area contributed by atoms with E-state index in [0.717, 1.165) is 0 Å². The largest absolute Gasteiger partial charge is 0.347 e. The van der Waals surface area contributed by atoms with E-state index in [1.807, 2.05) is 26.0 Å². The predicted molar refractivity (Wildman–Crippen MR) is 44.8 cm³/mol. The molecule has 1 heterocycles. The summed E-state index contributed by atoms with van der Waals surface area (Å²) in [5.41, 5.74) is 0. The van der Waals surface area contributed by atoms with Crippen molar-refractivity contribution >= 4 is 11.6 Å². The second-order valence-corrected chi connectivity index (χ2v) is 3.26. The molecule has 0 saturated carbocycles. The maximum atomic E-state index is 5.48. The molecule has 0 N–H and O–H groups in total. The van der Waals surface area contributed by atoms with E-state index in [1.165, 1.54) is 0 Å². The summed E-state index contributed by atoms with van der Waals surface area (Å²) >= 11 is 5.47. The average Bonchev–Trinajstić information content (AvgIpc) is 2.26. The van der Waals surface area contributed by atoms with E-state index in [2.05, 4.69) is 0 Å². The van der Waals surface area contributed by atoms with Crippen LogP contribution >= 0.6 is 11.6 Å². The van der Waals surface area contributed by atoms with Crippen LogP contribution in [-0.4, -0.2) is 24.4 Å². The number of hydrogen-bond donors (Lipinski definition) is 0. The normalized spacial score (nSPS) is 29.9. The van der Waals surface area contributed by atoms with Crippen LogP contribution in [0.2, 0.25) is 0 Å². The van der Waals surface area contributed by atoms with Gasteiger partial charge >= 0.3 is 0 Å². The SMILES string of the molecule is CC1(C)OCC(/C=C/CCl)O1. The molecule has 1 unspecified atom stereocenters. The van der Waals surface area contributed by atoms with Gasteiger partial charge in [-0.1, -0.05) is 12.2 Å². The molecule has 11 heavy (non-hydrogen) atoms. The Morgan fingerprint density at radius 3 is 2.82 bits per heavy atom. The van der Waals surface area contributed by atoms with Crippen LogP contribution in [0.3, 0.4) is 0 Å². The van der Waals surface area contributed by atoms with Gasteiger partial charge in [-0.2, -0.15) is 0 Å². The van der Waals surface area contributed by atoms with Crippen molar-refractivity contribution in [2.75, 3.05) is 12.5 Å². The summed E-state index contributed by atoms with van der Waals surface area (Å²) < 4.78 is 10.8. The van der Waals surface area contributed by atoms with Crippen LogP contribution in [0.4, 0.5) is 0 Å². The van der Waals surface area contributed by atoms with E-state index in [-0.39, 0.29) is 6.10 Å². The summed E-state index contributed by atoms with van der Waals surface area (Å²) in [6, 6.07) is 0. The maximum absolute atomic E-state index is 5.48. The smallest absolute Gasteiger partial charge is 0.163 e. The first-order valence-corrected chi connectivity index (χ1v) is 4.22. The van der Waals surface area contributed by atoms with E-state index in [4.69, 9.17) is 21.1 Å². The van der Waals surface area contributed by atoms with Gasteiger partial charge in [0.15, 0.2) is 5.79 Å². The lowest BCUT2D eigenvalue weighted by atomic mass is 10.3. The lowest BCUT2D eigenvalue weighted by Gasteiger charge is -2.15. The van der Waals surface area contributed by atoms with Gasteiger partial charge in [0.1, 0.15) is 6.10 Å². The predicted octanol–water partition coefficient (Wildman–Crippen LogP) is 1.93. The van der Waals surface area contributed by atoms with Gasteiger partial charge in [0, 0.05) is 5.88 Å². The molecule has 2 nitrogen and oxygen atoms in total. The Morgan fingerprint density at radius 1 is 1.64 bits per heavy atom. The lowest BCUT2D eigenvalue weighted by molar-refractivity contribution is -0.133. The monoisotopic (exact) mass is 176 g/mol. The fourth-order valence-electron chi connectivity index (χ4n) is 1.01. The summed E-state index contributed by atoms with van der Waals surface area (Å²) in [5, 5.41) is 0. The van der Waals surface area contributed by atoms with Crippen molar-refractivity contribution in [2.45, 2.75) is 25.7 Å². The zero-order chi connectivity index (χ0) is 8.32. The van der Waals surface area contributed by atoms with Crippen molar-refractivity contribution < 1.29 is 9.47 Å². The fourth-order valence-corrected chi connectivity index (χ4v) is 1.12. The maximum Gasteiger partial charge on any atom is 0.163 e. The quantitative estimate of drug-likeness (QED) is 0.473. The third-order valence-electron chi connectivity index (χ3n) is 1.47. The van der Waals surface area contributed by atoms with Gasteiger partial charge in [-0.15, -0.1) is 11.6 Å². The molecule has 1 atom stereocenters. The third kappa shape index (κ3) is 2.81. The highest BCUT2D eigenvalue weighted by Crippen LogP contribution is 2.22. The summed E-state index contributed by atoms with van der Waals surface area (Å²) in [5.74, 6) is 0.0988. The van der Waals surface area contributed by atoms with Gasteiger partial charge in [0.05, 0.1) is 6.61 Å². The van der Waals surface area contributed by atoms with Crippen LogP contribution in [0.25, 0.3) is 0 Å². The molecule has 0 spiro atoms. The molecular weight excluding hydrogens is 164 g/mol. The number of ether oxygens (including phenoxy) is 2. The first kappa shape index (κ1) is 9.04. The minimum Gasteiger partial charge on any atom is -0.347 e. The Bertz CT molecular complexity index is 154. The van der Waals surface area contributed by atoms with E-state index >= 15 is 0 Å². The number of allylic oxidation sites excluding steroid dienone is 1. The molecule has 0 aliphatic carbocycles. The number of halogens is 1. The van der Waals surface area contributed by atoms with Gasteiger partial charge in [-0.05, 0) is 13.8 Å². The number of rotatable bonds is 2. The highest BCUT2D eigenvalue weighted by molar-refractivity contribution is 6.18. The van der Waals surface area contributed by atoms with E-state index in [0.29, 0.717) is 12.5 Å². The van der Waals surface area contributed by atoms with Crippen molar-refractivity contribution in [1.82, 2.24) is 0 Å². The number of alkyl halides is 1. The summed E-state index contributed by atoms with van der Waals surface area (Å²) in [6.45, 7) is 4.43. The van der Waals surface area contributed by atoms with Crippen LogP contribution in [-0.2, 0) is 9.47 Å². The zero-order valence-electron chi connectivity index (χ0n) is 6.84. The Kier molecular flexibility index (Phi) is 2.93. The first-order chi connectivity index (χ1) is 5.14. The lowest BCUT2D eigenvalue weighted by Crippen LogP contribution is -2.20. The second-order valence-electron chi connectivity index (χ2n) is 2.95. The molecule has 0 bridgehead atoms. The molecule has 0 amide bonds. The van der Waals surface area contributed by atoms with Gasteiger partial charge < -0.3 is 9.47 Å². The topological polar surface area (TPSA) is 18.5 Å². The van der Waals surface area contributed by atoms with Crippen molar-refractivity contribution in [1.29, 1.82) is 0 Å². The Morgan fingerprint density at radius 2 is 2.36 bits per heavy atom. The average molecular weight is 177 g/mol. The zero-order valence-corrected chi connectivity index (χ0v) is 7.60. The Hall–Kier alpha value is -0.0500. The molecule has 0 aromatic carbocycles. The summed E-state index contributed by atoms with van der Waals surface area (Å²) in [4.78, 5) is 0. The second kappa shape index (κ2) is 3.57. The van der Waals surface area contributed by atoms with Crippen LogP contribution < -0.4 is 0 Å². The molecule has 0 aromatic rings. The van der Waals surface area contributed by atoms with Gasteiger partial charge in [0.25, 0.3) is 0 Å². The van der Waals surface area contributed by atoms with Crippen LogP contribution in [0.1, 0.15) is 13.8 Å². The van der Waals surface area contributed by atoms with Crippen LogP contribution in [0.5, 0.6) is 0 Å². The summed E-state index contributed by atoms with van der Waals surface area (Å²) in [7, 11) is 0. The first-order valence-electron chi connectivity index (χ1n) is 3.68. The molecule has 0 aromatic heterocycles. The molecule has 1 aliphatic rings. The molecule has 1 rings (SSSR count). The molecule has 64 valence electrons. The fraction of sp³-hybridized carbons (Fsp3) is 0.750. The van der Waals surface area contributed by atoms with Gasteiger partial charge in [-0.25, -0.2) is 0 Å². The van der Waals surface area contributed by atoms with E-state index in [1.54, 1.807) is 0 Å². The molecule has 0 radical (unpaired) electrons. The van der Waals surface area contributed by atoms with Crippen molar-refractivity contribution in [3.8, 4) is 0 Å². The van der Waals surface area contributed by atoms with Crippen LogP contribution in [0, 0.1) is 0 Å². The van der Waals surface area contributed by atoms with E-state index < -0.39 is 5.79 Å². The molecule has 1 saturated heterocycles. The Balaban J connectivity index is 2.36. The highest BCUT2D eigenvalue weighted by Gasteiger charge is 2.30. The molecular formula is C8H13ClO2.